The van der Waals surface area contributed by atoms with Gasteiger partial charge < -0.3 is 0 Å². The molecule has 0 aliphatic heterocycles. The largest absolute Gasteiger partial charge is 0.220 e. The van der Waals surface area contributed by atoms with Crippen molar-refractivity contribution >= 4 is 10.8 Å². The molecule has 0 N–H and O–H groups in total. The van der Waals surface area contributed by atoms with Crippen molar-refractivity contribution in [3.63, 3.8) is 0 Å². The Morgan fingerprint density at radius 2 is 1.60 bits per heavy atom. The van der Waals surface area contributed by atoms with Crippen molar-refractivity contribution in [3.8, 4) is 11.3 Å². The standard InChI is InChI=1S/C29H40N/c1-19(2)15-21-11-12-24-22(16-21)13-14-30(10)27(24)25-17-23(28(4,5)6)18-26(20(25)3)29(7,8)9/h11-14,16-19H,15H2,1-10H3/q+1/i14D. The first kappa shape index (κ1) is 21.1. The molecule has 0 aliphatic rings. The van der Waals surface area contributed by atoms with Crippen LogP contribution in [-0.2, 0) is 24.3 Å². The smallest absolute Gasteiger partial charge is 0.200 e. The maximum absolute atomic E-state index is 8.69. The maximum Gasteiger partial charge on any atom is 0.220 e. The first-order valence-electron chi connectivity index (χ1n) is 11.8. The molecule has 160 valence electrons. The van der Waals surface area contributed by atoms with Gasteiger partial charge in [0.05, 0.1) is 10.9 Å². The second-order valence-corrected chi connectivity index (χ2v) is 11.4. The monoisotopic (exact) mass is 403 g/mol. The van der Waals surface area contributed by atoms with Crippen molar-refractivity contribution in [1.29, 1.82) is 0 Å². The normalized spacial score (nSPS) is 13.2. The second-order valence-electron chi connectivity index (χ2n) is 11.4. The summed E-state index contributed by atoms with van der Waals surface area (Å²) in [5.41, 5.74) is 7.89. The highest BCUT2D eigenvalue weighted by atomic mass is 14.9. The summed E-state index contributed by atoms with van der Waals surface area (Å²) in [5.74, 6) is 0.618. The average Bonchev–Trinajstić information content (AvgIpc) is 2.61. The average molecular weight is 404 g/mol. The van der Waals surface area contributed by atoms with E-state index in [4.69, 9.17) is 1.37 Å². The van der Waals surface area contributed by atoms with Crippen molar-refractivity contribution in [3.05, 3.63) is 64.8 Å². The molecule has 1 heteroatoms. The molecular formula is C29H40N+. The van der Waals surface area contributed by atoms with Crippen LogP contribution in [0.25, 0.3) is 22.0 Å². The lowest BCUT2D eigenvalue weighted by Gasteiger charge is -2.28. The van der Waals surface area contributed by atoms with E-state index in [1.54, 1.807) is 0 Å². The molecule has 1 nitrogen and oxygen atoms in total. The number of hydrogen-bond donors (Lipinski definition) is 0. The number of pyridine rings is 1. The highest BCUT2D eigenvalue weighted by Gasteiger charge is 2.27. The number of aromatic nitrogens is 1. The predicted octanol–water partition coefficient (Wildman–Crippen LogP) is 7.43. The van der Waals surface area contributed by atoms with Gasteiger partial charge in [0.25, 0.3) is 0 Å². The van der Waals surface area contributed by atoms with Crippen LogP contribution < -0.4 is 4.57 Å². The van der Waals surface area contributed by atoms with Gasteiger partial charge in [0.2, 0.25) is 5.69 Å². The van der Waals surface area contributed by atoms with Crippen LogP contribution in [0.15, 0.2) is 42.6 Å². The van der Waals surface area contributed by atoms with Crippen LogP contribution in [0.3, 0.4) is 0 Å². The Hall–Kier alpha value is -2.15. The fraction of sp³-hybridized carbons (Fsp3) is 0.483. The van der Waals surface area contributed by atoms with E-state index in [0.717, 1.165) is 17.5 Å². The van der Waals surface area contributed by atoms with Crippen LogP contribution >= 0.6 is 0 Å². The highest BCUT2D eigenvalue weighted by Crippen LogP contribution is 2.38. The third kappa shape index (κ3) is 4.46. The molecule has 2 aromatic carbocycles. The molecule has 0 radical (unpaired) electrons. The Labute approximate surface area is 185 Å². The molecule has 30 heavy (non-hydrogen) atoms. The van der Waals surface area contributed by atoms with E-state index in [0.29, 0.717) is 12.1 Å². The summed E-state index contributed by atoms with van der Waals surface area (Å²) in [4.78, 5) is 0. The number of fused-ring (bicyclic) bond motifs is 1. The van der Waals surface area contributed by atoms with Crippen LogP contribution in [-0.4, -0.2) is 0 Å². The second kappa shape index (κ2) is 7.84. The lowest BCUT2D eigenvalue weighted by molar-refractivity contribution is -0.659. The third-order valence-electron chi connectivity index (χ3n) is 6.10. The molecule has 0 fully saturated rings. The van der Waals surface area contributed by atoms with Crippen molar-refractivity contribution in [2.75, 3.05) is 0 Å². The van der Waals surface area contributed by atoms with Gasteiger partial charge in [-0.05, 0) is 69.9 Å². The number of hydrogen-bond acceptors (Lipinski definition) is 0. The highest BCUT2D eigenvalue weighted by molar-refractivity contribution is 5.94. The summed E-state index contributed by atoms with van der Waals surface area (Å²) < 4.78 is 10.7. The zero-order valence-corrected chi connectivity index (χ0v) is 20.7. The van der Waals surface area contributed by atoms with Gasteiger partial charge in [0.15, 0.2) is 6.17 Å². The molecule has 0 aliphatic carbocycles. The molecule has 0 unspecified atom stereocenters. The van der Waals surface area contributed by atoms with E-state index in [-0.39, 0.29) is 10.8 Å². The van der Waals surface area contributed by atoms with E-state index >= 15 is 0 Å². The molecule has 1 heterocycles. The van der Waals surface area contributed by atoms with Gasteiger partial charge in [-0.2, -0.15) is 0 Å². The number of benzene rings is 2. The first-order valence-corrected chi connectivity index (χ1v) is 11.3. The fourth-order valence-electron chi connectivity index (χ4n) is 4.46. The van der Waals surface area contributed by atoms with Crippen LogP contribution in [0.2, 0.25) is 0 Å². The minimum Gasteiger partial charge on any atom is -0.200 e. The van der Waals surface area contributed by atoms with Gasteiger partial charge in [-0.1, -0.05) is 73.6 Å². The quantitative estimate of drug-likeness (QED) is 0.400. The van der Waals surface area contributed by atoms with E-state index in [9.17, 15) is 0 Å². The van der Waals surface area contributed by atoms with Crippen LogP contribution in [0.5, 0.6) is 0 Å². The Kier molecular flexibility index (Phi) is 5.51. The zero-order valence-electron chi connectivity index (χ0n) is 21.7. The molecule has 0 saturated heterocycles. The van der Waals surface area contributed by atoms with Gasteiger partial charge in [-0.3, -0.25) is 0 Å². The lowest BCUT2D eigenvalue weighted by Crippen LogP contribution is -2.31. The minimum absolute atomic E-state index is 0.0531. The van der Waals surface area contributed by atoms with Crippen LogP contribution in [0.1, 0.15) is 79.0 Å². The molecule has 0 spiro atoms. The lowest BCUT2D eigenvalue weighted by atomic mass is 9.76. The minimum atomic E-state index is 0.0531. The van der Waals surface area contributed by atoms with E-state index in [2.05, 4.69) is 92.6 Å². The Morgan fingerprint density at radius 1 is 0.933 bits per heavy atom. The fourth-order valence-corrected chi connectivity index (χ4v) is 4.46. The number of rotatable bonds is 3. The topological polar surface area (TPSA) is 3.88 Å². The van der Waals surface area contributed by atoms with Crippen molar-refractivity contribution in [2.45, 2.75) is 79.6 Å². The van der Waals surface area contributed by atoms with Gasteiger partial charge in [0, 0.05) is 6.07 Å². The van der Waals surface area contributed by atoms with E-state index < -0.39 is 0 Å². The zero-order chi connectivity index (χ0) is 23.3. The SMILES string of the molecule is [2H]c1cc2cc(CC(C)C)ccc2c(-c2cc(C(C)(C)C)cc(C(C)(C)C)c2C)[n+]1C. The van der Waals surface area contributed by atoms with Crippen molar-refractivity contribution in [2.24, 2.45) is 13.0 Å². The summed E-state index contributed by atoms with van der Waals surface area (Å²) in [7, 11) is 2.03. The predicted molar refractivity (Wildman–Crippen MR) is 131 cm³/mol. The molecule has 0 saturated carbocycles. The molecular weight excluding hydrogens is 362 g/mol. The van der Waals surface area contributed by atoms with Crippen molar-refractivity contribution in [1.82, 2.24) is 0 Å². The Morgan fingerprint density at radius 3 is 2.17 bits per heavy atom. The van der Waals surface area contributed by atoms with Crippen molar-refractivity contribution < 1.29 is 5.94 Å². The molecule has 0 amide bonds. The van der Waals surface area contributed by atoms with Gasteiger partial charge in [0.1, 0.15) is 8.42 Å². The van der Waals surface area contributed by atoms with Gasteiger partial charge in [-0.25, -0.2) is 4.57 Å². The molecule has 3 aromatic rings. The van der Waals surface area contributed by atoms with E-state index in [1.165, 1.54) is 33.2 Å². The Bertz CT molecular complexity index is 1120. The van der Waals surface area contributed by atoms with Gasteiger partial charge in [-0.15, -0.1) is 0 Å². The molecule has 0 atom stereocenters. The molecule has 0 bridgehead atoms. The van der Waals surface area contributed by atoms with E-state index in [1.807, 2.05) is 17.7 Å². The summed E-state index contributed by atoms with van der Waals surface area (Å²) in [5, 5.41) is 2.38. The first-order chi connectivity index (χ1) is 14.2. The maximum atomic E-state index is 8.69. The third-order valence-corrected chi connectivity index (χ3v) is 6.10. The summed E-state index contributed by atoms with van der Waals surface area (Å²) in [6.07, 6.45) is 1.61. The number of nitrogens with zero attached hydrogens (tertiary/aromatic N) is 1. The van der Waals surface area contributed by atoms with Crippen LogP contribution in [0.4, 0.5) is 0 Å². The van der Waals surface area contributed by atoms with Crippen LogP contribution in [0, 0.1) is 12.8 Å². The molecule has 3 rings (SSSR count). The summed E-state index contributed by atoms with van der Waals surface area (Å²) in [6.45, 7) is 20.5. The summed E-state index contributed by atoms with van der Waals surface area (Å²) in [6, 6.07) is 13.6. The summed E-state index contributed by atoms with van der Waals surface area (Å²) >= 11 is 0. The molecule has 1 aromatic heterocycles. The Balaban J connectivity index is 2.41. The van der Waals surface area contributed by atoms with Gasteiger partial charge >= 0.3 is 0 Å².